The fourth-order valence-corrected chi connectivity index (χ4v) is 18.5. The fraction of sp³-hybridized carbons (Fsp3) is 0. The van der Waals surface area contributed by atoms with E-state index in [0.29, 0.717) is 173 Å². The minimum atomic E-state index is -0.246. The van der Waals surface area contributed by atoms with E-state index in [1.807, 2.05) is 431 Å². The molecule has 0 atom stereocenters. The van der Waals surface area contributed by atoms with Crippen molar-refractivity contribution in [1.29, 1.82) is 0 Å². The highest BCUT2D eigenvalue weighted by atomic mass is 16.2. The van der Waals surface area contributed by atoms with Gasteiger partial charge >= 0.3 is 0 Å². The molecule has 0 aliphatic rings. The Balaban J connectivity index is 0.000000121. The van der Waals surface area contributed by atoms with E-state index in [-0.39, 0.29) is 38.9 Å². The van der Waals surface area contributed by atoms with Gasteiger partial charge in [-0.2, -0.15) is 0 Å². The second-order valence-corrected chi connectivity index (χ2v) is 34.0. The number of aromatic nitrogens is 14. The lowest BCUT2D eigenvalue weighted by atomic mass is 9.98. The molecule has 0 saturated carbocycles. The summed E-state index contributed by atoms with van der Waals surface area (Å²) >= 11 is 0. The van der Waals surface area contributed by atoms with E-state index in [2.05, 4.69) is 0 Å². The number of para-hydroxylation sites is 14. The third-order valence-corrected chi connectivity index (χ3v) is 25.2. The maximum Gasteiger partial charge on any atom is 0.266 e. The van der Waals surface area contributed by atoms with Crippen LogP contribution in [0, 0.1) is 0 Å². The van der Waals surface area contributed by atoms with Gasteiger partial charge in [0.05, 0.1) is 116 Å². The van der Waals surface area contributed by atoms with Crippen LogP contribution in [0.4, 0.5) is 0 Å². The summed E-state index contributed by atoms with van der Waals surface area (Å²) < 4.78 is 11.4. The fourth-order valence-electron chi connectivity index (χ4n) is 18.5. The predicted octanol–water partition coefficient (Wildman–Crippen LogP) is 23.3. The third kappa shape index (κ3) is 16.4. The summed E-state index contributed by atoms with van der Waals surface area (Å²) in [6, 6.07) is 147. The molecule has 0 amide bonds. The number of hydrogen-bond donors (Lipinski definition) is 0. The van der Waals surface area contributed by atoms with E-state index in [9.17, 15) is 33.6 Å². The Bertz CT molecular complexity index is 9100. The first-order valence-corrected chi connectivity index (χ1v) is 46.4. The van der Waals surface area contributed by atoms with Gasteiger partial charge in [-0.3, -0.25) is 65.5 Å². The molecule has 0 unspecified atom stereocenters. The molecule has 0 N–H and O–H groups in total. The van der Waals surface area contributed by atoms with Crippen LogP contribution in [-0.2, 0) is 0 Å². The minimum absolute atomic E-state index is 0.151. The lowest BCUT2D eigenvalue weighted by Gasteiger charge is -2.19. The maximum absolute atomic E-state index is 14.5. The standard InChI is InChI=1S/C48H30N6O3.C40H26N4O2.C34H22N4O2/c55-46-37-22-10-13-25-40(37)49-43(52(46)34-16-4-1-5-17-34)31-28-32(44-50-41-26-14-11-23-38(41)47(56)53(44)35-18-6-2-7-19-35)30-33(29-31)45-51-42-27-15-12-24-39(42)48(57)54(45)36-20-8-3-9-21-36;45-39-33-20-10-12-22-35(33)41-37(43(39)31-16-6-2-7-17-31)29-24-28(27-14-4-1-5-15-27)25-30(26-29)38-42-36-23-13-11-21-34(36)40(46)44(38)32-18-8-3-9-19-32;39-33-27-18-7-9-20-29(27)35-31(37(33)25-14-3-1-4-15-25)23-12-11-13-24(22-23)32-36-30-21-10-8-19-28(30)34(40)38(32)26-16-5-2-6-17-26/h1-30H;1-26H;1-22H. The summed E-state index contributed by atoms with van der Waals surface area (Å²) in [5.74, 6) is 3.06. The highest BCUT2D eigenvalue weighted by molar-refractivity contribution is 5.91. The average molecular weight is 1850 g/mol. The van der Waals surface area contributed by atoms with Gasteiger partial charge in [-0.1, -0.05) is 261 Å². The van der Waals surface area contributed by atoms with Crippen molar-refractivity contribution in [3.8, 4) is 131 Å². The van der Waals surface area contributed by atoms with Crippen molar-refractivity contribution >= 4 is 76.3 Å². The summed E-state index contributed by atoms with van der Waals surface area (Å²) in [6.45, 7) is 0. The monoisotopic (exact) mass is 1850 g/mol. The Morgan fingerprint density at radius 3 is 0.434 bits per heavy atom. The van der Waals surface area contributed by atoms with Crippen LogP contribution in [0.1, 0.15) is 0 Å². The van der Waals surface area contributed by atoms with Crippen LogP contribution < -0.4 is 38.9 Å². The van der Waals surface area contributed by atoms with E-state index in [1.54, 1.807) is 74.4 Å². The molecule has 7 aromatic heterocycles. The van der Waals surface area contributed by atoms with Gasteiger partial charge < -0.3 is 0 Å². The van der Waals surface area contributed by atoms with Crippen molar-refractivity contribution in [2.45, 2.75) is 0 Å². The van der Waals surface area contributed by atoms with Crippen molar-refractivity contribution in [2.24, 2.45) is 0 Å². The summed E-state index contributed by atoms with van der Waals surface area (Å²) in [5.41, 5.74) is 13.7. The molecule has 18 aromatic carbocycles. The van der Waals surface area contributed by atoms with Crippen molar-refractivity contribution in [1.82, 2.24) is 66.9 Å². The zero-order valence-electron chi connectivity index (χ0n) is 76.2. The van der Waals surface area contributed by atoms with Gasteiger partial charge in [-0.25, -0.2) is 34.9 Å². The van der Waals surface area contributed by atoms with Crippen molar-refractivity contribution in [2.75, 3.05) is 0 Å². The Morgan fingerprint density at radius 2 is 0.252 bits per heavy atom. The highest BCUT2D eigenvalue weighted by Crippen LogP contribution is 2.39. The topological polar surface area (TPSA) is 244 Å². The average Bonchev–Trinajstić information content (AvgIpc) is 0.653. The molecule has 0 aliphatic carbocycles. The second kappa shape index (κ2) is 37.6. The van der Waals surface area contributed by atoms with Gasteiger partial charge in [-0.05, 0) is 223 Å². The van der Waals surface area contributed by atoms with Crippen LogP contribution in [0.3, 0.4) is 0 Å². The van der Waals surface area contributed by atoms with E-state index in [4.69, 9.17) is 34.9 Å². The lowest BCUT2D eigenvalue weighted by Crippen LogP contribution is -2.23. The molecule has 678 valence electrons. The molecule has 21 nitrogen and oxygen atoms in total. The largest absolute Gasteiger partial charge is 0.268 e. The van der Waals surface area contributed by atoms with Gasteiger partial charge in [-0.15, -0.1) is 0 Å². The Morgan fingerprint density at radius 1 is 0.119 bits per heavy atom. The molecule has 0 fully saturated rings. The van der Waals surface area contributed by atoms with Gasteiger partial charge in [0, 0.05) is 38.9 Å². The van der Waals surface area contributed by atoms with Crippen LogP contribution in [0.2, 0.25) is 0 Å². The molecule has 0 bridgehead atoms. The lowest BCUT2D eigenvalue weighted by molar-refractivity contribution is 0.964. The first kappa shape index (κ1) is 87.0. The smallest absolute Gasteiger partial charge is 0.266 e. The molecule has 25 rings (SSSR count). The SMILES string of the molecule is O=c1c2ccccc2nc(-c2cc(-c3ccccc3)cc(-c3nc4ccccc4c(=O)n3-c3ccccc3)c2)n1-c1ccccc1.O=c1c2ccccc2nc(-c2cc(-c3nc4ccccc4c(=O)n3-c3ccccc3)cc(-c3nc4ccccc4c(=O)n3-c3ccccc3)c2)n1-c1ccccc1.O=c1c2ccccc2nc(-c2cccc(-c3nc4ccccc4c(=O)n3-c3ccccc3)c2)n1-c1ccccc1. The van der Waals surface area contributed by atoms with Crippen LogP contribution in [0.15, 0.2) is 507 Å². The first-order valence-electron chi connectivity index (χ1n) is 46.4. The van der Waals surface area contributed by atoms with Gasteiger partial charge in [0.15, 0.2) is 0 Å². The number of hydrogen-bond acceptors (Lipinski definition) is 14. The normalized spacial score (nSPS) is 11.3. The molecule has 25 aromatic rings. The molecular formula is C122H78N14O7. The van der Waals surface area contributed by atoms with Gasteiger partial charge in [0.25, 0.3) is 38.9 Å². The summed E-state index contributed by atoms with van der Waals surface area (Å²) in [6.07, 6.45) is 0. The van der Waals surface area contributed by atoms with Gasteiger partial charge in [0.1, 0.15) is 40.8 Å². The molecule has 0 spiro atoms. The van der Waals surface area contributed by atoms with Gasteiger partial charge in [0.2, 0.25) is 0 Å². The van der Waals surface area contributed by atoms with Crippen molar-refractivity contribution in [3.63, 3.8) is 0 Å². The molecule has 0 radical (unpaired) electrons. The Labute approximate surface area is 814 Å². The molecule has 0 aliphatic heterocycles. The number of rotatable bonds is 15. The molecule has 143 heavy (non-hydrogen) atoms. The molecule has 7 heterocycles. The Kier molecular flexibility index (Phi) is 22.8. The Hall–Kier alpha value is -20.1. The van der Waals surface area contributed by atoms with Crippen LogP contribution in [-0.4, -0.2) is 66.9 Å². The van der Waals surface area contributed by atoms with E-state index in [0.717, 1.165) is 33.6 Å². The number of fused-ring (bicyclic) bond motifs is 7. The molecule has 0 saturated heterocycles. The third-order valence-electron chi connectivity index (χ3n) is 25.2. The second-order valence-electron chi connectivity index (χ2n) is 34.0. The predicted molar refractivity (Wildman–Crippen MR) is 569 cm³/mol. The van der Waals surface area contributed by atoms with Crippen LogP contribution in [0.5, 0.6) is 0 Å². The number of nitrogens with zero attached hydrogens (tertiary/aromatic N) is 14. The number of benzene rings is 18. The zero-order chi connectivity index (χ0) is 96.5. The maximum atomic E-state index is 14.5. The summed E-state index contributed by atoms with van der Waals surface area (Å²) in [4.78, 5) is 135. The summed E-state index contributed by atoms with van der Waals surface area (Å²) in [7, 11) is 0. The quantitative estimate of drug-likeness (QED) is 0.0927. The van der Waals surface area contributed by atoms with Crippen molar-refractivity contribution < 1.29 is 0 Å². The molecular weight excluding hydrogens is 1770 g/mol. The van der Waals surface area contributed by atoms with Crippen LogP contribution >= 0.6 is 0 Å². The zero-order valence-corrected chi connectivity index (χ0v) is 76.2. The van der Waals surface area contributed by atoms with E-state index >= 15 is 0 Å². The minimum Gasteiger partial charge on any atom is -0.268 e. The summed E-state index contributed by atoms with van der Waals surface area (Å²) in [5, 5.41) is 3.53. The highest BCUT2D eigenvalue weighted by Gasteiger charge is 2.27. The van der Waals surface area contributed by atoms with E-state index in [1.165, 1.54) is 0 Å². The first-order chi connectivity index (χ1) is 70.4. The van der Waals surface area contributed by atoms with E-state index < -0.39 is 0 Å². The molecule has 21 heteroatoms. The van der Waals surface area contributed by atoms with Crippen molar-refractivity contribution in [3.05, 3.63) is 546 Å². The van der Waals surface area contributed by atoms with Crippen LogP contribution in [0.25, 0.3) is 207 Å².